The minimum Gasteiger partial charge on any atom is -0.480 e. The van der Waals surface area contributed by atoms with E-state index in [9.17, 15) is 9.59 Å². The standard InChI is InChI=1S/C9H18N2O3S/c1-3-6(2)11-8(12)5-15-4-7(10)9(13)14/h6-7H,3-5,10H2,1-2H3,(H,11,12)(H,13,14). The van der Waals surface area contributed by atoms with Gasteiger partial charge in [-0.15, -0.1) is 11.8 Å². The minimum absolute atomic E-state index is 0.0769. The van der Waals surface area contributed by atoms with Gasteiger partial charge in [0.25, 0.3) is 0 Å². The fourth-order valence-electron chi connectivity index (χ4n) is 0.768. The first-order valence-corrected chi connectivity index (χ1v) is 5.98. The quantitative estimate of drug-likeness (QED) is 0.578. The topological polar surface area (TPSA) is 92.4 Å². The maximum Gasteiger partial charge on any atom is 0.321 e. The molecule has 0 radical (unpaired) electrons. The second-order valence-corrected chi connectivity index (χ2v) is 4.37. The van der Waals surface area contributed by atoms with Gasteiger partial charge in [0.1, 0.15) is 6.04 Å². The van der Waals surface area contributed by atoms with Crippen LogP contribution in [0.4, 0.5) is 0 Å². The number of carboxylic acid groups (broad SMARTS) is 1. The Morgan fingerprint density at radius 2 is 2.13 bits per heavy atom. The molecule has 0 aliphatic heterocycles. The highest BCUT2D eigenvalue weighted by Gasteiger charge is 2.12. The summed E-state index contributed by atoms with van der Waals surface area (Å²) < 4.78 is 0. The molecule has 0 rings (SSSR count). The number of nitrogens with two attached hydrogens (primary N) is 1. The van der Waals surface area contributed by atoms with Gasteiger partial charge < -0.3 is 16.2 Å². The van der Waals surface area contributed by atoms with Gasteiger partial charge in [-0.1, -0.05) is 6.92 Å². The van der Waals surface area contributed by atoms with Crippen molar-refractivity contribution in [3.05, 3.63) is 0 Å². The molecular formula is C9H18N2O3S. The van der Waals surface area contributed by atoms with Gasteiger partial charge in [0.15, 0.2) is 0 Å². The number of carbonyl (C=O) groups is 2. The van der Waals surface area contributed by atoms with Crippen LogP contribution in [0.2, 0.25) is 0 Å². The lowest BCUT2D eigenvalue weighted by molar-refractivity contribution is -0.138. The average molecular weight is 234 g/mol. The number of amides is 1. The van der Waals surface area contributed by atoms with E-state index < -0.39 is 12.0 Å². The maximum absolute atomic E-state index is 11.2. The summed E-state index contributed by atoms with van der Waals surface area (Å²) in [7, 11) is 0. The molecule has 4 N–H and O–H groups in total. The summed E-state index contributed by atoms with van der Waals surface area (Å²) >= 11 is 1.23. The summed E-state index contributed by atoms with van der Waals surface area (Å²) in [5.74, 6) is -0.606. The number of aliphatic carboxylic acids is 1. The monoisotopic (exact) mass is 234 g/mol. The largest absolute Gasteiger partial charge is 0.480 e. The zero-order chi connectivity index (χ0) is 11.8. The lowest BCUT2D eigenvalue weighted by Gasteiger charge is -2.11. The second kappa shape index (κ2) is 7.53. The van der Waals surface area contributed by atoms with Gasteiger partial charge in [0.05, 0.1) is 5.75 Å². The molecule has 88 valence electrons. The van der Waals surface area contributed by atoms with Gasteiger partial charge in [0.2, 0.25) is 5.91 Å². The first kappa shape index (κ1) is 14.2. The number of carboxylic acids is 1. The lowest BCUT2D eigenvalue weighted by atomic mass is 10.3. The van der Waals surface area contributed by atoms with Crippen molar-refractivity contribution in [2.45, 2.75) is 32.4 Å². The van der Waals surface area contributed by atoms with Crippen LogP contribution in [0.5, 0.6) is 0 Å². The first-order valence-electron chi connectivity index (χ1n) is 4.82. The molecule has 1 amide bonds. The van der Waals surface area contributed by atoms with Crippen LogP contribution in [0.15, 0.2) is 0 Å². The molecule has 0 spiro atoms. The molecule has 0 heterocycles. The Morgan fingerprint density at radius 3 is 2.60 bits per heavy atom. The molecule has 2 unspecified atom stereocenters. The summed E-state index contributed by atoms with van der Waals surface area (Å²) in [4.78, 5) is 21.6. The Balaban J connectivity index is 3.59. The average Bonchev–Trinajstić information content (AvgIpc) is 2.17. The van der Waals surface area contributed by atoms with Crippen LogP contribution in [-0.4, -0.2) is 40.6 Å². The van der Waals surface area contributed by atoms with E-state index in [-0.39, 0.29) is 23.5 Å². The van der Waals surface area contributed by atoms with Crippen LogP contribution in [0.1, 0.15) is 20.3 Å². The van der Waals surface area contributed by atoms with E-state index in [0.717, 1.165) is 6.42 Å². The molecule has 0 aromatic rings. The van der Waals surface area contributed by atoms with Gasteiger partial charge in [0, 0.05) is 11.8 Å². The van der Waals surface area contributed by atoms with Crippen molar-refractivity contribution in [3.63, 3.8) is 0 Å². The second-order valence-electron chi connectivity index (χ2n) is 3.34. The van der Waals surface area contributed by atoms with E-state index in [4.69, 9.17) is 10.8 Å². The molecule has 0 saturated heterocycles. The van der Waals surface area contributed by atoms with Crippen LogP contribution in [0, 0.1) is 0 Å². The van der Waals surface area contributed by atoms with Crippen molar-refractivity contribution in [3.8, 4) is 0 Å². The Labute approximate surface area is 93.8 Å². The van der Waals surface area contributed by atoms with Crippen LogP contribution in [-0.2, 0) is 9.59 Å². The number of hydrogen-bond donors (Lipinski definition) is 3. The molecule has 0 aliphatic rings. The predicted molar refractivity (Wildman–Crippen MR) is 60.8 cm³/mol. The molecule has 0 aromatic carbocycles. The summed E-state index contributed by atoms with van der Waals surface area (Å²) in [6.07, 6.45) is 0.880. The van der Waals surface area contributed by atoms with Crippen molar-refractivity contribution < 1.29 is 14.7 Å². The molecule has 0 aliphatic carbocycles. The Bertz CT molecular complexity index is 223. The molecule has 0 saturated carbocycles. The fraction of sp³-hybridized carbons (Fsp3) is 0.778. The molecule has 0 bridgehead atoms. The van der Waals surface area contributed by atoms with Crippen LogP contribution < -0.4 is 11.1 Å². The number of hydrogen-bond acceptors (Lipinski definition) is 4. The van der Waals surface area contributed by atoms with E-state index in [2.05, 4.69) is 5.32 Å². The normalized spacial score (nSPS) is 14.3. The van der Waals surface area contributed by atoms with Crippen molar-refractivity contribution in [1.82, 2.24) is 5.32 Å². The number of nitrogens with one attached hydrogen (secondary N) is 1. The molecule has 2 atom stereocenters. The highest BCUT2D eigenvalue weighted by molar-refractivity contribution is 8.00. The third-order valence-corrected chi connectivity index (χ3v) is 2.93. The van der Waals surface area contributed by atoms with E-state index in [1.807, 2.05) is 13.8 Å². The maximum atomic E-state index is 11.2. The van der Waals surface area contributed by atoms with Gasteiger partial charge in [-0.2, -0.15) is 0 Å². The van der Waals surface area contributed by atoms with Gasteiger partial charge >= 0.3 is 5.97 Å². The number of carbonyl (C=O) groups excluding carboxylic acids is 1. The van der Waals surface area contributed by atoms with Gasteiger partial charge in [-0.05, 0) is 13.3 Å². The van der Waals surface area contributed by atoms with E-state index >= 15 is 0 Å². The zero-order valence-electron chi connectivity index (χ0n) is 9.03. The van der Waals surface area contributed by atoms with Crippen LogP contribution in [0.3, 0.4) is 0 Å². The van der Waals surface area contributed by atoms with Gasteiger partial charge in [-0.25, -0.2) is 0 Å². The smallest absolute Gasteiger partial charge is 0.321 e. The Hall–Kier alpha value is -0.750. The van der Waals surface area contributed by atoms with E-state index in [1.165, 1.54) is 11.8 Å². The summed E-state index contributed by atoms with van der Waals surface area (Å²) in [5, 5.41) is 11.3. The van der Waals surface area contributed by atoms with Crippen LogP contribution >= 0.6 is 11.8 Å². The highest BCUT2D eigenvalue weighted by atomic mass is 32.2. The number of thioether (sulfide) groups is 1. The van der Waals surface area contributed by atoms with Crippen molar-refractivity contribution in [2.24, 2.45) is 5.73 Å². The van der Waals surface area contributed by atoms with Gasteiger partial charge in [-0.3, -0.25) is 9.59 Å². The highest BCUT2D eigenvalue weighted by Crippen LogP contribution is 2.02. The first-order chi connectivity index (χ1) is 6.97. The van der Waals surface area contributed by atoms with Crippen LogP contribution in [0.25, 0.3) is 0 Å². The fourth-order valence-corrected chi connectivity index (χ4v) is 1.55. The zero-order valence-corrected chi connectivity index (χ0v) is 9.84. The predicted octanol–water partition coefficient (Wildman–Crippen LogP) is 0.0462. The molecule has 5 nitrogen and oxygen atoms in total. The Kier molecular flexibility index (Phi) is 7.15. The third-order valence-electron chi connectivity index (χ3n) is 1.87. The molecule has 15 heavy (non-hydrogen) atoms. The Morgan fingerprint density at radius 1 is 1.53 bits per heavy atom. The number of rotatable bonds is 7. The molecule has 0 fully saturated rings. The summed E-state index contributed by atoms with van der Waals surface area (Å²) in [5.41, 5.74) is 5.28. The summed E-state index contributed by atoms with van der Waals surface area (Å²) in [6, 6.07) is -0.738. The molecule has 0 aromatic heterocycles. The van der Waals surface area contributed by atoms with Crippen molar-refractivity contribution in [2.75, 3.05) is 11.5 Å². The van der Waals surface area contributed by atoms with Crippen molar-refractivity contribution in [1.29, 1.82) is 0 Å². The molecular weight excluding hydrogens is 216 g/mol. The third kappa shape index (κ3) is 7.21. The van der Waals surface area contributed by atoms with E-state index in [1.54, 1.807) is 0 Å². The van der Waals surface area contributed by atoms with Crippen molar-refractivity contribution >= 4 is 23.6 Å². The lowest BCUT2D eigenvalue weighted by Crippen LogP contribution is -2.35. The SMILES string of the molecule is CCC(C)NC(=O)CSCC(N)C(=O)O. The molecule has 6 heteroatoms. The van der Waals surface area contributed by atoms with E-state index in [0.29, 0.717) is 0 Å². The minimum atomic E-state index is -1.04. The summed E-state index contributed by atoms with van der Waals surface area (Å²) in [6.45, 7) is 3.91.